The van der Waals surface area contributed by atoms with E-state index in [1.54, 1.807) is 6.07 Å². The van der Waals surface area contributed by atoms with E-state index in [9.17, 15) is 4.79 Å². The summed E-state index contributed by atoms with van der Waals surface area (Å²) in [5.74, 6) is 0.155. The molecule has 0 saturated heterocycles. The molecule has 0 aliphatic carbocycles. The number of hydrogen-bond acceptors (Lipinski definition) is 3. The van der Waals surface area contributed by atoms with Crippen LogP contribution in [0.15, 0.2) is 18.2 Å². The first-order valence-electron chi connectivity index (χ1n) is 6.98. The number of hydrogen-bond donors (Lipinski definition) is 1. The van der Waals surface area contributed by atoms with Gasteiger partial charge in [-0.05, 0) is 37.0 Å². The normalized spacial score (nSPS) is 11.7. The van der Waals surface area contributed by atoms with E-state index in [-0.39, 0.29) is 11.1 Å². The second-order valence-electron chi connectivity index (χ2n) is 4.99. The number of carbonyl (C=O) groups is 1. The molecule has 0 spiro atoms. The van der Waals surface area contributed by atoms with Gasteiger partial charge in [-0.15, -0.1) is 0 Å². The minimum atomic E-state index is -1.04. The molecule has 0 saturated carbocycles. The molecule has 0 aliphatic rings. The molecule has 4 heteroatoms. The summed E-state index contributed by atoms with van der Waals surface area (Å²) >= 11 is 0. The highest BCUT2D eigenvalue weighted by Crippen LogP contribution is 2.20. The zero-order chi connectivity index (χ0) is 15.0. The van der Waals surface area contributed by atoms with Crippen LogP contribution in [0.4, 0.5) is 0 Å². The van der Waals surface area contributed by atoms with Crippen molar-refractivity contribution in [3.8, 4) is 11.8 Å². The SMILES string of the molecule is CCC(C)CCCCOc1ccc(C(=O)O)cc1C#N. The van der Waals surface area contributed by atoms with Crippen LogP contribution >= 0.6 is 0 Å². The molecule has 0 heterocycles. The molecule has 108 valence electrons. The van der Waals surface area contributed by atoms with Crippen LogP contribution in [0, 0.1) is 17.2 Å². The van der Waals surface area contributed by atoms with Gasteiger partial charge in [0.15, 0.2) is 0 Å². The first-order valence-corrected chi connectivity index (χ1v) is 6.98. The van der Waals surface area contributed by atoms with E-state index < -0.39 is 5.97 Å². The van der Waals surface area contributed by atoms with Crippen LogP contribution in [0.2, 0.25) is 0 Å². The molecule has 0 radical (unpaired) electrons. The Morgan fingerprint density at radius 1 is 1.45 bits per heavy atom. The quantitative estimate of drug-likeness (QED) is 0.731. The minimum absolute atomic E-state index is 0.102. The summed E-state index contributed by atoms with van der Waals surface area (Å²) in [5, 5.41) is 17.9. The number of rotatable bonds is 8. The van der Waals surface area contributed by atoms with Crippen LogP contribution in [-0.4, -0.2) is 17.7 Å². The topological polar surface area (TPSA) is 70.3 Å². The van der Waals surface area contributed by atoms with Gasteiger partial charge in [0.05, 0.1) is 17.7 Å². The Bertz CT molecular complexity index is 491. The highest BCUT2D eigenvalue weighted by Gasteiger charge is 2.09. The van der Waals surface area contributed by atoms with E-state index >= 15 is 0 Å². The average molecular weight is 275 g/mol. The molecule has 0 fully saturated rings. The number of carboxylic acids is 1. The van der Waals surface area contributed by atoms with Crippen LogP contribution < -0.4 is 4.74 Å². The number of ether oxygens (including phenoxy) is 1. The largest absolute Gasteiger partial charge is 0.492 e. The van der Waals surface area contributed by atoms with Gasteiger partial charge >= 0.3 is 5.97 Å². The van der Waals surface area contributed by atoms with Crippen molar-refractivity contribution in [2.24, 2.45) is 5.92 Å². The molecular formula is C16H21NO3. The lowest BCUT2D eigenvalue weighted by atomic mass is 10.0. The predicted molar refractivity (Wildman–Crippen MR) is 76.9 cm³/mol. The summed E-state index contributed by atoms with van der Waals surface area (Å²) in [4.78, 5) is 10.8. The highest BCUT2D eigenvalue weighted by molar-refractivity contribution is 5.88. The van der Waals surface area contributed by atoms with Crippen molar-refractivity contribution in [3.63, 3.8) is 0 Å². The third-order valence-corrected chi connectivity index (χ3v) is 3.39. The fourth-order valence-electron chi connectivity index (χ4n) is 1.86. The Morgan fingerprint density at radius 3 is 2.80 bits per heavy atom. The van der Waals surface area contributed by atoms with Gasteiger partial charge in [-0.3, -0.25) is 0 Å². The van der Waals surface area contributed by atoms with Crippen molar-refractivity contribution in [1.82, 2.24) is 0 Å². The molecule has 1 aromatic rings. The monoisotopic (exact) mass is 275 g/mol. The number of nitriles is 1. The lowest BCUT2D eigenvalue weighted by molar-refractivity contribution is 0.0697. The zero-order valence-electron chi connectivity index (χ0n) is 12.1. The van der Waals surface area contributed by atoms with Crippen molar-refractivity contribution < 1.29 is 14.6 Å². The molecular weight excluding hydrogens is 254 g/mol. The van der Waals surface area contributed by atoms with E-state index in [2.05, 4.69) is 13.8 Å². The smallest absolute Gasteiger partial charge is 0.335 e. The summed E-state index contributed by atoms with van der Waals surface area (Å²) in [7, 11) is 0. The second-order valence-corrected chi connectivity index (χ2v) is 4.99. The molecule has 1 unspecified atom stereocenters. The third kappa shape index (κ3) is 4.93. The van der Waals surface area contributed by atoms with Gasteiger partial charge < -0.3 is 9.84 Å². The van der Waals surface area contributed by atoms with Gasteiger partial charge in [-0.25, -0.2) is 4.79 Å². The molecule has 0 bridgehead atoms. The lowest BCUT2D eigenvalue weighted by Crippen LogP contribution is -2.02. The van der Waals surface area contributed by atoms with Gasteiger partial charge in [0, 0.05) is 0 Å². The average Bonchev–Trinajstić information content (AvgIpc) is 2.46. The van der Waals surface area contributed by atoms with Crippen molar-refractivity contribution in [2.45, 2.75) is 39.5 Å². The Labute approximate surface area is 120 Å². The summed E-state index contributed by atoms with van der Waals surface area (Å²) in [6.07, 6.45) is 4.42. The molecule has 0 aromatic heterocycles. The Kier molecular flexibility index (Phi) is 6.58. The molecule has 1 N–H and O–H groups in total. The van der Waals surface area contributed by atoms with Gasteiger partial charge in [-0.2, -0.15) is 5.26 Å². The highest BCUT2D eigenvalue weighted by atomic mass is 16.5. The second kappa shape index (κ2) is 8.21. The third-order valence-electron chi connectivity index (χ3n) is 3.39. The Balaban J connectivity index is 2.48. The maximum absolute atomic E-state index is 10.8. The van der Waals surface area contributed by atoms with E-state index in [4.69, 9.17) is 15.1 Å². The van der Waals surface area contributed by atoms with Crippen molar-refractivity contribution >= 4 is 5.97 Å². The van der Waals surface area contributed by atoms with E-state index in [1.165, 1.54) is 25.0 Å². The van der Waals surface area contributed by atoms with Crippen LogP contribution in [0.5, 0.6) is 5.75 Å². The molecule has 4 nitrogen and oxygen atoms in total. The Hall–Kier alpha value is -2.02. The first-order chi connectivity index (χ1) is 9.58. The van der Waals surface area contributed by atoms with Crippen molar-refractivity contribution in [3.05, 3.63) is 29.3 Å². The molecule has 0 aliphatic heterocycles. The number of benzene rings is 1. The molecule has 1 atom stereocenters. The summed E-state index contributed by atoms with van der Waals surface area (Å²) in [6, 6.07) is 6.32. The number of carboxylic acid groups (broad SMARTS) is 1. The minimum Gasteiger partial charge on any atom is -0.492 e. The maximum Gasteiger partial charge on any atom is 0.335 e. The fourth-order valence-corrected chi connectivity index (χ4v) is 1.86. The van der Waals surface area contributed by atoms with E-state index in [0.717, 1.165) is 18.8 Å². The standard InChI is InChI=1S/C16H21NO3/c1-3-12(2)6-4-5-9-20-15-8-7-13(16(18)19)10-14(15)11-17/h7-8,10,12H,3-6,9H2,1-2H3,(H,18,19). The summed E-state index contributed by atoms with van der Waals surface area (Å²) in [5.41, 5.74) is 0.373. The number of unbranched alkanes of at least 4 members (excludes halogenated alkanes) is 1. The van der Waals surface area contributed by atoms with Gasteiger partial charge in [0.2, 0.25) is 0 Å². The molecule has 20 heavy (non-hydrogen) atoms. The van der Waals surface area contributed by atoms with Crippen LogP contribution in [0.1, 0.15) is 55.5 Å². The van der Waals surface area contributed by atoms with Gasteiger partial charge in [0.25, 0.3) is 0 Å². The van der Waals surface area contributed by atoms with Crippen molar-refractivity contribution in [1.29, 1.82) is 5.26 Å². The fraction of sp³-hybridized carbons (Fsp3) is 0.500. The van der Waals surface area contributed by atoms with Gasteiger partial charge in [0.1, 0.15) is 11.8 Å². The Morgan fingerprint density at radius 2 is 2.20 bits per heavy atom. The van der Waals surface area contributed by atoms with Gasteiger partial charge in [-0.1, -0.05) is 26.7 Å². The number of aromatic carboxylic acids is 1. The van der Waals surface area contributed by atoms with Crippen LogP contribution in [-0.2, 0) is 0 Å². The zero-order valence-corrected chi connectivity index (χ0v) is 12.1. The van der Waals surface area contributed by atoms with Crippen LogP contribution in [0.3, 0.4) is 0 Å². The number of nitrogens with zero attached hydrogens (tertiary/aromatic N) is 1. The van der Waals surface area contributed by atoms with E-state index in [1.807, 2.05) is 6.07 Å². The summed E-state index contributed by atoms with van der Waals surface area (Å²) < 4.78 is 5.56. The van der Waals surface area contributed by atoms with Crippen LogP contribution in [0.25, 0.3) is 0 Å². The molecule has 0 amide bonds. The lowest BCUT2D eigenvalue weighted by Gasteiger charge is -2.10. The molecule has 1 aromatic carbocycles. The first kappa shape index (κ1) is 16.0. The summed E-state index contributed by atoms with van der Waals surface area (Å²) in [6.45, 7) is 4.97. The predicted octanol–water partition coefficient (Wildman–Crippen LogP) is 3.85. The maximum atomic E-state index is 10.8. The molecule has 1 rings (SSSR count). The van der Waals surface area contributed by atoms with E-state index in [0.29, 0.717) is 12.4 Å². The van der Waals surface area contributed by atoms with Crippen molar-refractivity contribution in [2.75, 3.05) is 6.61 Å².